The van der Waals surface area contributed by atoms with Crippen LogP contribution in [0.25, 0.3) is 0 Å². The van der Waals surface area contributed by atoms with Gasteiger partial charge < -0.3 is 18.0 Å². The Morgan fingerprint density at radius 1 is 1.25 bits per heavy atom. The summed E-state index contributed by atoms with van der Waals surface area (Å²) < 4.78 is 22.4. The van der Waals surface area contributed by atoms with Crippen LogP contribution in [0.2, 0.25) is 31.7 Å². The minimum atomic E-state index is -2.06. The summed E-state index contributed by atoms with van der Waals surface area (Å²) in [5.74, 6) is 0. The SMILES string of the molecule is C[Si]1(C)CCCCO[Si](C)(CCCC2COC(=O)O2)O1. The van der Waals surface area contributed by atoms with Crippen LogP contribution in [0.1, 0.15) is 25.7 Å². The highest BCUT2D eigenvalue weighted by Crippen LogP contribution is 2.29. The normalized spacial score (nSPS) is 34.0. The van der Waals surface area contributed by atoms with Gasteiger partial charge in [-0.3, -0.25) is 0 Å². The molecule has 2 atom stereocenters. The fourth-order valence-electron chi connectivity index (χ4n) is 2.89. The van der Waals surface area contributed by atoms with Crippen LogP contribution < -0.4 is 0 Å². The molecule has 2 heterocycles. The minimum absolute atomic E-state index is 0.0843. The molecular weight excluding hydrogens is 292 g/mol. The molecule has 0 aromatic heterocycles. The van der Waals surface area contributed by atoms with Crippen molar-refractivity contribution < 1.29 is 22.8 Å². The predicted molar refractivity (Wildman–Crippen MR) is 80.4 cm³/mol. The van der Waals surface area contributed by atoms with Crippen molar-refractivity contribution in [2.24, 2.45) is 0 Å². The van der Waals surface area contributed by atoms with Crippen molar-refractivity contribution in [2.45, 2.75) is 63.5 Å². The van der Waals surface area contributed by atoms with E-state index in [0.717, 1.165) is 31.9 Å². The maximum Gasteiger partial charge on any atom is 0.508 e. The Labute approximate surface area is 123 Å². The molecule has 2 rings (SSSR count). The second-order valence-electron chi connectivity index (χ2n) is 6.49. The molecule has 2 fully saturated rings. The topological polar surface area (TPSA) is 54.0 Å². The quantitative estimate of drug-likeness (QED) is 0.587. The fraction of sp³-hybridized carbons (Fsp3) is 0.923. The van der Waals surface area contributed by atoms with Crippen LogP contribution in [0.15, 0.2) is 0 Å². The van der Waals surface area contributed by atoms with E-state index in [1.807, 2.05) is 0 Å². The summed E-state index contributed by atoms with van der Waals surface area (Å²) in [6.07, 6.45) is 3.55. The second kappa shape index (κ2) is 6.59. The molecule has 20 heavy (non-hydrogen) atoms. The maximum absolute atomic E-state index is 10.9. The summed E-state index contributed by atoms with van der Waals surface area (Å²) in [6, 6.07) is 2.20. The Morgan fingerprint density at radius 2 is 2.05 bits per heavy atom. The zero-order valence-corrected chi connectivity index (χ0v) is 14.8. The first-order valence-electron chi connectivity index (χ1n) is 7.56. The molecule has 0 N–H and O–H groups in total. The van der Waals surface area contributed by atoms with E-state index in [9.17, 15) is 4.79 Å². The van der Waals surface area contributed by atoms with E-state index in [0.29, 0.717) is 6.61 Å². The Kier molecular flexibility index (Phi) is 5.27. The molecule has 2 saturated heterocycles. The van der Waals surface area contributed by atoms with Gasteiger partial charge in [-0.15, -0.1) is 0 Å². The van der Waals surface area contributed by atoms with Crippen molar-refractivity contribution in [1.29, 1.82) is 0 Å². The highest BCUT2D eigenvalue weighted by Gasteiger charge is 2.39. The van der Waals surface area contributed by atoms with Crippen LogP contribution in [-0.2, 0) is 18.0 Å². The van der Waals surface area contributed by atoms with Crippen molar-refractivity contribution in [3.63, 3.8) is 0 Å². The van der Waals surface area contributed by atoms with Gasteiger partial charge in [0.2, 0.25) is 0 Å². The third-order valence-corrected chi connectivity index (χ3v) is 11.5. The van der Waals surface area contributed by atoms with Gasteiger partial charge in [0.15, 0.2) is 8.32 Å². The molecule has 0 saturated carbocycles. The summed E-state index contributed by atoms with van der Waals surface area (Å²) in [7, 11) is -3.64. The Morgan fingerprint density at radius 3 is 2.75 bits per heavy atom. The monoisotopic (exact) mass is 318 g/mol. The molecule has 7 heteroatoms. The number of ether oxygens (including phenoxy) is 2. The zero-order chi connectivity index (χ0) is 14.6. The summed E-state index contributed by atoms with van der Waals surface area (Å²) >= 11 is 0. The van der Waals surface area contributed by atoms with E-state index < -0.39 is 23.0 Å². The molecule has 116 valence electrons. The van der Waals surface area contributed by atoms with E-state index in [1.54, 1.807) is 0 Å². The average molecular weight is 319 g/mol. The molecule has 0 aromatic carbocycles. The molecule has 2 aliphatic heterocycles. The van der Waals surface area contributed by atoms with Gasteiger partial charge >= 0.3 is 14.7 Å². The maximum atomic E-state index is 10.9. The predicted octanol–water partition coefficient (Wildman–Crippen LogP) is 3.41. The lowest BCUT2D eigenvalue weighted by Gasteiger charge is -2.38. The number of rotatable bonds is 4. The Balaban J connectivity index is 1.80. The van der Waals surface area contributed by atoms with Gasteiger partial charge in [0, 0.05) is 6.61 Å². The lowest BCUT2D eigenvalue weighted by molar-refractivity contribution is 0.115. The van der Waals surface area contributed by atoms with E-state index >= 15 is 0 Å². The van der Waals surface area contributed by atoms with Crippen LogP contribution in [0, 0.1) is 0 Å². The van der Waals surface area contributed by atoms with Crippen LogP contribution in [-0.4, -0.2) is 42.4 Å². The number of carbonyl (C=O) groups excluding carboxylic acids is 1. The van der Waals surface area contributed by atoms with Crippen molar-refractivity contribution in [2.75, 3.05) is 13.2 Å². The highest BCUT2D eigenvalue weighted by molar-refractivity contribution is 6.82. The third-order valence-electron chi connectivity index (χ3n) is 3.88. The zero-order valence-electron chi connectivity index (χ0n) is 12.8. The molecule has 0 radical (unpaired) electrons. The van der Waals surface area contributed by atoms with Crippen LogP contribution in [0.5, 0.6) is 0 Å². The third kappa shape index (κ3) is 4.87. The molecule has 0 bridgehead atoms. The molecule has 0 spiro atoms. The minimum Gasteiger partial charge on any atom is -0.436 e. The lowest BCUT2D eigenvalue weighted by Crippen LogP contribution is -2.50. The number of hydrogen-bond donors (Lipinski definition) is 0. The van der Waals surface area contributed by atoms with Crippen LogP contribution in [0.4, 0.5) is 4.79 Å². The van der Waals surface area contributed by atoms with E-state index in [4.69, 9.17) is 18.0 Å². The van der Waals surface area contributed by atoms with Crippen molar-refractivity contribution >= 4 is 23.0 Å². The van der Waals surface area contributed by atoms with Gasteiger partial charge in [0.25, 0.3) is 0 Å². The van der Waals surface area contributed by atoms with E-state index in [1.165, 1.54) is 12.5 Å². The molecule has 2 unspecified atom stereocenters. The first kappa shape index (κ1) is 16.0. The van der Waals surface area contributed by atoms with Crippen molar-refractivity contribution in [3.8, 4) is 0 Å². The molecule has 0 amide bonds. The van der Waals surface area contributed by atoms with Gasteiger partial charge in [-0.25, -0.2) is 4.79 Å². The largest absolute Gasteiger partial charge is 0.508 e. The van der Waals surface area contributed by atoms with E-state index in [2.05, 4.69) is 19.6 Å². The summed E-state index contributed by atoms with van der Waals surface area (Å²) in [4.78, 5) is 10.9. The number of cyclic esters (lactones) is 2. The molecule has 0 aromatic rings. The Bertz CT molecular complexity index is 350. The summed E-state index contributed by atoms with van der Waals surface area (Å²) in [5.41, 5.74) is 0. The van der Waals surface area contributed by atoms with Crippen molar-refractivity contribution in [1.82, 2.24) is 0 Å². The van der Waals surface area contributed by atoms with Crippen LogP contribution in [0.3, 0.4) is 0 Å². The molecule has 5 nitrogen and oxygen atoms in total. The van der Waals surface area contributed by atoms with Gasteiger partial charge in [0.1, 0.15) is 12.7 Å². The first-order chi connectivity index (χ1) is 9.39. The van der Waals surface area contributed by atoms with Gasteiger partial charge in [0.05, 0.1) is 0 Å². The second-order valence-corrected chi connectivity index (χ2v) is 14.4. The summed E-state index contributed by atoms with van der Waals surface area (Å²) in [5, 5.41) is 0. The average Bonchev–Trinajstić information content (AvgIpc) is 2.72. The highest BCUT2D eigenvalue weighted by atomic mass is 28.4. The molecule has 2 aliphatic rings. The van der Waals surface area contributed by atoms with Gasteiger partial charge in [-0.2, -0.15) is 0 Å². The van der Waals surface area contributed by atoms with Crippen molar-refractivity contribution in [3.05, 3.63) is 0 Å². The molecular formula is C13H26O5Si2. The summed E-state index contributed by atoms with van der Waals surface area (Å²) in [6.45, 7) is 7.98. The molecule has 0 aliphatic carbocycles. The van der Waals surface area contributed by atoms with Crippen LogP contribution >= 0.6 is 0 Å². The van der Waals surface area contributed by atoms with E-state index in [-0.39, 0.29) is 6.10 Å². The van der Waals surface area contributed by atoms with Gasteiger partial charge in [-0.05, 0) is 51.0 Å². The Hall–Kier alpha value is -0.376. The van der Waals surface area contributed by atoms with Gasteiger partial charge in [-0.1, -0.05) is 6.42 Å². The lowest BCUT2D eigenvalue weighted by atomic mass is 10.2. The first-order valence-corrected chi connectivity index (χ1v) is 13.2. The smallest absolute Gasteiger partial charge is 0.436 e. The number of hydrogen-bond acceptors (Lipinski definition) is 5. The fourth-order valence-corrected chi connectivity index (χ4v) is 11.3. The standard InChI is InChI=1S/C13H26O5Si2/c1-19(2)9-5-4-8-16-20(3,18-19)10-6-7-12-11-15-13(14)17-12/h12H,4-11H2,1-3H3. The number of carbonyl (C=O) groups is 1.